The number of hydrogen-bond acceptors (Lipinski definition) is 8. The lowest BCUT2D eigenvalue weighted by molar-refractivity contribution is -0.134. The van der Waals surface area contributed by atoms with Crippen molar-refractivity contribution in [2.45, 2.75) is 88.4 Å². The van der Waals surface area contributed by atoms with Crippen LogP contribution in [-0.2, 0) is 30.9 Å². The summed E-state index contributed by atoms with van der Waals surface area (Å²) in [6.45, 7) is 12.7. The van der Waals surface area contributed by atoms with Gasteiger partial charge in [-0.15, -0.1) is 0 Å². The van der Waals surface area contributed by atoms with E-state index in [1.165, 1.54) is 43.4 Å². The standard InChI is InChI=1S/C53H57N7O7/c1-7-11-31(8-2)47(58-52(65)67-6)50(63)60-25-10-13-44(60)48-54-29-42(57-48)33-16-14-32(15-17-33)36-19-20-37(46-38(36)27-35-22-23-53(35,46)4)34-18-21-40-39(26-34)45(61)28-41(56-40)43-12-9-24-59(43)49(62)30(3)55-51(64)66-5/h7-8,11,14-21,26,28-30,35,43-44,47H,1-2,9-10,12-13,22-25,27H2,3-6H3,(H,54,57)(H,55,64)(H,56,61)(H,58,65). The van der Waals surface area contributed by atoms with Gasteiger partial charge in [-0.1, -0.05) is 80.8 Å². The van der Waals surface area contributed by atoms with Gasteiger partial charge in [-0.3, -0.25) is 14.4 Å². The number of nitrogens with one attached hydrogen (secondary N) is 4. The highest BCUT2D eigenvalue weighted by Gasteiger charge is 2.51. The third-order valence-corrected chi connectivity index (χ3v) is 14.7. The predicted octanol–water partition coefficient (Wildman–Crippen LogP) is 8.57. The highest BCUT2D eigenvalue weighted by molar-refractivity contribution is 5.91. The second-order valence-electron chi connectivity index (χ2n) is 18.4. The normalized spacial score (nSPS) is 21.7. The molecule has 14 nitrogen and oxygen atoms in total. The van der Waals surface area contributed by atoms with E-state index in [2.05, 4.69) is 83.1 Å². The number of H-pyrrole nitrogens is 2. The van der Waals surface area contributed by atoms with Gasteiger partial charge < -0.3 is 39.9 Å². The average molecular weight is 904 g/mol. The van der Waals surface area contributed by atoms with Crippen molar-refractivity contribution in [1.82, 2.24) is 35.4 Å². The van der Waals surface area contributed by atoms with Crippen molar-refractivity contribution < 1.29 is 28.7 Å². The van der Waals surface area contributed by atoms with Crippen LogP contribution < -0.4 is 16.1 Å². The molecule has 6 atom stereocenters. The van der Waals surface area contributed by atoms with Gasteiger partial charge in [-0.25, -0.2) is 14.6 Å². The molecule has 2 aromatic heterocycles. The highest BCUT2D eigenvalue weighted by Crippen LogP contribution is 2.60. The molecule has 0 radical (unpaired) electrons. The number of rotatable bonds is 12. The van der Waals surface area contributed by atoms with E-state index in [0.717, 1.165) is 60.1 Å². The summed E-state index contributed by atoms with van der Waals surface area (Å²) in [6.07, 6.45) is 11.4. The van der Waals surface area contributed by atoms with E-state index < -0.39 is 24.3 Å². The molecule has 4 N–H and O–H groups in total. The summed E-state index contributed by atoms with van der Waals surface area (Å²) in [6, 6.07) is 18.3. The Morgan fingerprint density at radius 3 is 2.19 bits per heavy atom. The highest BCUT2D eigenvalue weighted by atomic mass is 16.5. The van der Waals surface area contributed by atoms with Crippen LogP contribution in [0.15, 0.2) is 109 Å². The molecule has 4 heterocycles. The number of alkyl carbamates (subject to hydrolysis) is 2. The number of ether oxygens (including phenoxy) is 2. The molecule has 2 aliphatic carbocycles. The Morgan fingerprint density at radius 1 is 0.836 bits per heavy atom. The number of pyridine rings is 1. The van der Waals surface area contributed by atoms with Crippen molar-refractivity contribution in [1.29, 1.82) is 0 Å². The number of fused-ring (bicyclic) bond motifs is 4. The number of allylic oxidation sites excluding steroid dienone is 2. The second-order valence-corrected chi connectivity index (χ2v) is 18.4. The number of likely N-dealkylation sites (tertiary alicyclic amines) is 2. The second kappa shape index (κ2) is 18.2. The number of imidazole rings is 1. The molecule has 9 rings (SSSR count). The number of carbonyl (C=O) groups excluding carboxylic acids is 4. The number of aromatic nitrogens is 3. The molecule has 5 aromatic rings. The number of nitrogens with zero attached hydrogens (tertiary/aromatic N) is 3. The maximum absolute atomic E-state index is 14.0. The fourth-order valence-electron chi connectivity index (χ4n) is 11.1. The third kappa shape index (κ3) is 8.12. The van der Waals surface area contributed by atoms with Crippen LogP contribution in [0.2, 0.25) is 0 Å². The zero-order valence-electron chi connectivity index (χ0n) is 38.4. The summed E-state index contributed by atoms with van der Waals surface area (Å²) < 4.78 is 9.52. The smallest absolute Gasteiger partial charge is 0.407 e. The Bertz CT molecular complexity index is 2900. The molecule has 0 bridgehead atoms. The van der Waals surface area contributed by atoms with E-state index in [-0.39, 0.29) is 34.7 Å². The summed E-state index contributed by atoms with van der Waals surface area (Å²) in [4.78, 5) is 80.6. The fourth-order valence-corrected chi connectivity index (χ4v) is 11.1. The Labute approximate surface area is 389 Å². The maximum Gasteiger partial charge on any atom is 0.407 e. The zero-order valence-corrected chi connectivity index (χ0v) is 38.4. The van der Waals surface area contributed by atoms with E-state index in [1.807, 2.05) is 12.1 Å². The molecule has 2 aliphatic heterocycles. The van der Waals surface area contributed by atoms with Crippen molar-refractivity contribution in [3.63, 3.8) is 0 Å². The molecular formula is C53H57N7O7. The van der Waals surface area contributed by atoms with Crippen molar-refractivity contribution >= 4 is 34.9 Å². The summed E-state index contributed by atoms with van der Waals surface area (Å²) in [5.74, 6) is 0.723. The molecule has 67 heavy (non-hydrogen) atoms. The van der Waals surface area contributed by atoms with Crippen LogP contribution in [0.25, 0.3) is 44.4 Å². The van der Waals surface area contributed by atoms with Crippen LogP contribution in [0.5, 0.6) is 0 Å². The molecule has 0 spiro atoms. The quantitative estimate of drug-likeness (QED) is 0.0900. The van der Waals surface area contributed by atoms with Crippen LogP contribution >= 0.6 is 0 Å². The summed E-state index contributed by atoms with van der Waals surface area (Å²) in [5, 5.41) is 5.82. The molecule has 4 aliphatic rings. The number of methoxy groups -OCH3 is 2. The van der Waals surface area contributed by atoms with Gasteiger partial charge in [-0.05, 0) is 120 Å². The summed E-state index contributed by atoms with van der Waals surface area (Å²) >= 11 is 0. The fraction of sp³-hybridized carbons (Fsp3) is 0.358. The lowest BCUT2D eigenvalue weighted by Gasteiger charge is -2.43. The SMILES string of the molecule is C=CC=C(C=C)C(NC(=O)OC)C(=O)N1CCCC1c1ncc(-c2ccc(-c3ccc(-c4ccc5[nH]c(C6CCCN6C(=O)C(C)NC(=O)OC)cc(=O)c5c4)c4c3CC3CCC43C)cc2)[nH]1. The molecule has 1 saturated carbocycles. The van der Waals surface area contributed by atoms with Crippen LogP contribution in [0.4, 0.5) is 9.59 Å². The van der Waals surface area contributed by atoms with Crippen molar-refractivity contribution in [2.24, 2.45) is 5.92 Å². The first kappa shape index (κ1) is 45.0. The van der Waals surface area contributed by atoms with E-state index in [4.69, 9.17) is 14.5 Å². The first-order chi connectivity index (χ1) is 32.4. The number of aromatic amines is 2. The molecule has 3 fully saturated rings. The van der Waals surface area contributed by atoms with Crippen LogP contribution in [0.3, 0.4) is 0 Å². The number of carbonyl (C=O) groups is 4. The first-order valence-electron chi connectivity index (χ1n) is 23.1. The molecule has 14 heteroatoms. The largest absolute Gasteiger partial charge is 0.453 e. The van der Waals surface area contributed by atoms with Crippen LogP contribution in [0.1, 0.15) is 87.1 Å². The lowest BCUT2D eigenvalue weighted by Crippen LogP contribution is -2.49. The van der Waals surface area contributed by atoms with E-state index in [0.29, 0.717) is 53.4 Å². The van der Waals surface area contributed by atoms with Crippen molar-refractivity contribution in [2.75, 3.05) is 27.3 Å². The average Bonchev–Trinajstić information content (AvgIpc) is 4.17. The molecule has 3 aromatic carbocycles. The molecular weight excluding hydrogens is 847 g/mol. The van der Waals surface area contributed by atoms with Gasteiger partial charge in [-0.2, -0.15) is 0 Å². The van der Waals surface area contributed by atoms with E-state index in [9.17, 15) is 24.0 Å². The number of hydrogen-bond donors (Lipinski definition) is 4. The number of amides is 4. The van der Waals surface area contributed by atoms with Crippen molar-refractivity contribution in [3.05, 3.63) is 137 Å². The van der Waals surface area contributed by atoms with Gasteiger partial charge in [0.1, 0.15) is 17.9 Å². The van der Waals surface area contributed by atoms with Gasteiger partial charge in [0.15, 0.2) is 5.43 Å². The molecule has 4 amide bonds. The van der Waals surface area contributed by atoms with E-state index >= 15 is 0 Å². The summed E-state index contributed by atoms with van der Waals surface area (Å²) in [5.41, 5.74) is 10.8. The molecule has 346 valence electrons. The van der Waals surface area contributed by atoms with Crippen molar-refractivity contribution in [3.8, 4) is 33.5 Å². The topological polar surface area (TPSA) is 179 Å². The minimum Gasteiger partial charge on any atom is -0.453 e. The van der Waals surface area contributed by atoms with Gasteiger partial charge in [0.25, 0.3) is 5.91 Å². The Morgan fingerprint density at radius 2 is 1.51 bits per heavy atom. The Hall–Kier alpha value is -7.22. The Balaban J connectivity index is 0.967. The lowest BCUT2D eigenvalue weighted by atomic mass is 9.60. The summed E-state index contributed by atoms with van der Waals surface area (Å²) in [7, 11) is 2.52. The Kier molecular flexibility index (Phi) is 12.2. The minimum atomic E-state index is -0.992. The minimum absolute atomic E-state index is 0.0383. The third-order valence-electron chi connectivity index (χ3n) is 14.7. The van der Waals surface area contributed by atoms with Gasteiger partial charge in [0.05, 0.1) is 38.2 Å². The van der Waals surface area contributed by atoms with Crippen LogP contribution in [-0.4, -0.2) is 88.1 Å². The number of benzene rings is 3. The van der Waals surface area contributed by atoms with Gasteiger partial charge in [0, 0.05) is 35.8 Å². The van der Waals surface area contributed by atoms with Gasteiger partial charge >= 0.3 is 12.2 Å². The van der Waals surface area contributed by atoms with Crippen LogP contribution in [0, 0.1) is 5.92 Å². The monoisotopic (exact) mass is 903 g/mol. The molecule has 2 saturated heterocycles. The van der Waals surface area contributed by atoms with Gasteiger partial charge in [0.2, 0.25) is 5.91 Å². The predicted molar refractivity (Wildman–Crippen MR) is 257 cm³/mol. The zero-order chi connectivity index (χ0) is 47.1. The molecule has 6 unspecified atom stereocenters. The maximum atomic E-state index is 14.0. The first-order valence-corrected chi connectivity index (χ1v) is 23.1. The van der Waals surface area contributed by atoms with E-state index in [1.54, 1.807) is 41.1 Å².